The number of carbonyl (C=O) groups is 1. The molecule has 20 heavy (non-hydrogen) atoms. The summed E-state index contributed by atoms with van der Waals surface area (Å²) < 4.78 is 0. The number of piperidine rings is 1. The van der Waals surface area contributed by atoms with Crippen molar-refractivity contribution < 1.29 is 4.79 Å². The Morgan fingerprint density at radius 2 is 1.80 bits per heavy atom. The van der Waals surface area contributed by atoms with Gasteiger partial charge in [-0.2, -0.15) is 0 Å². The van der Waals surface area contributed by atoms with Crippen LogP contribution in [-0.4, -0.2) is 25.5 Å². The van der Waals surface area contributed by atoms with Gasteiger partial charge >= 0.3 is 0 Å². The van der Waals surface area contributed by atoms with Gasteiger partial charge in [0, 0.05) is 18.2 Å². The first-order chi connectivity index (χ1) is 9.84. The van der Waals surface area contributed by atoms with Crippen LogP contribution in [-0.2, 0) is 4.79 Å². The minimum absolute atomic E-state index is 0.205. The van der Waals surface area contributed by atoms with Gasteiger partial charge in [-0.15, -0.1) is 0 Å². The van der Waals surface area contributed by atoms with Crippen molar-refractivity contribution in [3.63, 3.8) is 0 Å². The van der Waals surface area contributed by atoms with Gasteiger partial charge in [-0.1, -0.05) is 24.6 Å². The maximum absolute atomic E-state index is 12.9. The summed E-state index contributed by atoms with van der Waals surface area (Å²) >= 11 is 0. The Kier molecular flexibility index (Phi) is 4.36. The first-order valence-corrected chi connectivity index (χ1v) is 7.92. The lowest BCUT2D eigenvalue weighted by atomic mass is 9.84. The Morgan fingerprint density at radius 3 is 2.40 bits per heavy atom. The summed E-state index contributed by atoms with van der Waals surface area (Å²) in [6.45, 7) is 2.86. The normalized spacial score (nSPS) is 20.4. The highest BCUT2D eigenvalue weighted by atomic mass is 16.2. The first-order valence-electron chi connectivity index (χ1n) is 7.92. The van der Waals surface area contributed by atoms with Gasteiger partial charge in [0.25, 0.3) is 0 Å². The summed E-state index contributed by atoms with van der Waals surface area (Å²) in [6.07, 6.45) is 5.85. The Labute approximate surface area is 121 Å². The summed E-state index contributed by atoms with van der Waals surface area (Å²) in [6, 6.07) is 10.2. The van der Waals surface area contributed by atoms with Gasteiger partial charge in [0.1, 0.15) is 0 Å². The smallest absolute Gasteiger partial charge is 0.230 e. The lowest BCUT2D eigenvalue weighted by Gasteiger charge is -2.35. The van der Waals surface area contributed by atoms with Crippen molar-refractivity contribution in [1.29, 1.82) is 0 Å². The molecule has 0 aromatic heterocycles. The van der Waals surface area contributed by atoms with E-state index in [1.54, 1.807) is 0 Å². The zero-order chi connectivity index (χ0) is 13.8. The minimum atomic E-state index is 0.205. The van der Waals surface area contributed by atoms with Crippen LogP contribution in [0.15, 0.2) is 30.3 Å². The van der Waals surface area contributed by atoms with Gasteiger partial charge in [0.15, 0.2) is 0 Å². The molecule has 0 bridgehead atoms. The van der Waals surface area contributed by atoms with Crippen molar-refractivity contribution in [3.8, 4) is 0 Å². The molecule has 2 fully saturated rings. The molecular formula is C17H24N2O. The second kappa shape index (κ2) is 6.40. The number of hydrogen-bond acceptors (Lipinski definition) is 2. The third-order valence-electron chi connectivity index (χ3n) is 4.69. The zero-order valence-corrected chi connectivity index (χ0v) is 12.1. The van der Waals surface area contributed by atoms with E-state index in [1.165, 1.54) is 19.3 Å². The number of nitrogens with zero attached hydrogens (tertiary/aromatic N) is 1. The maximum Gasteiger partial charge on any atom is 0.230 e. The molecule has 1 amide bonds. The fourth-order valence-electron chi connectivity index (χ4n) is 3.15. The molecule has 3 heteroatoms. The molecule has 1 aliphatic carbocycles. The number of para-hydroxylation sites is 1. The van der Waals surface area contributed by atoms with Crippen LogP contribution in [0, 0.1) is 11.8 Å². The molecule has 1 N–H and O–H groups in total. The molecule has 1 aromatic rings. The fourth-order valence-corrected chi connectivity index (χ4v) is 3.15. The van der Waals surface area contributed by atoms with Crippen molar-refractivity contribution in [2.45, 2.75) is 32.1 Å². The minimum Gasteiger partial charge on any atom is -0.317 e. The second-order valence-electron chi connectivity index (χ2n) is 6.11. The van der Waals surface area contributed by atoms with Crippen LogP contribution in [0.4, 0.5) is 5.69 Å². The van der Waals surface area contributed by atoms with Crippen LogP contribution in [0.25, 0.3) is 0 Å². The van der Waals surface area contributed by atoms with E-state index >= 15 is 0 Å². The third kappa shape index (κ3) is 3.04. The number of benzene rings is 1. The largest absolute Gasteiger partial charge is 0.317 e. The van der Waals surface area contributed by atoms with Crippen molar-refractivity contribution in [2.24, 2.45) is 11.8 Å². The van der Waals surface area contributed by atoms with Gasteiger partial charge in [0.2, 0.25) is 5.91 Å². The average molecular weight is 272 g/mol. The molecule has 0 spiro atoms. The summed E-state index contributed by atoms with van der Waals surface area (Å²) in [7, 11) is 0. The highest BCUT2D eigenvalue weighted by molar-refractivity contribution is 5.95. The molecule has 1 aromatic carbocycles. The fraction of sp³-hybridized carbons (Fsp3) is 0.588. The van der Waals surface area contributed by atoms with Gasteiger partial charge in [-0.3, -0.25) is 4.79 Å². The molecule has 1 heterocycles. The molecule has 0 radical (unpaired) electrons. The monoisotopic (exact) mass is 272 g/mol. The van der Waals surface area contributed by atoms with Gasteiger partial charge in [0.05, 0.1) is 0 Å². The Bertz CT molecular complexity index is 436. The lowest BCUT2D eigenvalue weighted by Crippen LogP contribution is -2.44. The van der Waals surface area contributed by atoms with Crippen LogP contribution in [0.3, 0.4) is 0 Å². The third-order valence-corrected chi connectivity index (χ3v) is 4.69. The lowest BCUT2D eigenvalue weighted by molar-refractivity contribution is -0.123. The van der Waals surface area contributed by atoms with Crippen molar-refractivity contribution >= 4 is 11.6 Å². The highest BCUT2D eigenvalue weighted by Crippen LogP contribution is 2.30. The van der Waals surface area contributed by atoms with Crippen LogP contribution in [0.5, 0.6) is 0 Å². The Morgan fingerprint density at radius 1 is 1.10 bits per heavy atom. The Balaban J connectivity index is 1.74. The van der Waals surface area contributed by atoms with Gasteiger partial charge < -0.3 is 10.2 Å². The van der Waals surface area contributed by atoms with E-state index in [1.807, 2.05) is 18.2 Å². The molecule has 1 aliphatic heterocycles. The molecule has 0 unspecified atom stereocenters. The topological polar surface area (TPSA) is 32.3 Å². The summed E-state index contributed by atoms with van der Waals surface area (Å²) in [5.41, 5.74) is 1.07. The average Bonchev–Trinajstić information content (AvgIpc) is 2.47. The predicted molar refractivity (Wildman–Crippen MR) is 81.7 cm³/mol. The molecule has 0 atom stereocenters. The standard InChI is InChI=1S/C17H24N2O/c20-17(15-9-11-18-12-10-15)19(13-14-5-4-6-14)16-7-2-1-3-8-16/h1-3,7-8,14-15,18H,4-6,9-13H2. The van der Waals surface area contributed by atoms with Crippen LogP contribution in [0.2, 0.25) is 0 Å². The van der Waals surface area contributed by atoms with Crippen LogP contribution < -0.4 is 10.2 Å². The number of nitrogens with one attached hydrogen (secondary N) is 1. The number of carbonyl (C=O) groups excluding carboxylic acids is 1. The highest BCUT2D eigenvalue weighted by Gasteiger charge is 2.30. The van der Waals surface area contributed by atoms with Gasteiger partial charge in [-0.05, 0) is 56.8 Å². The van der Waals surface area contributed by atoms with E-state index in [0.717, 1.165) is 38.2 Å². The Hall–Kier alpha value is -1.35. The molecule has 108 valence electrons. The molecule has 3 nitrogen and oxygen atoms in total. The van der Waals surface area contributed by atoms with E-state index in [0.29, 0.717) is 11.8 Å². The number of rotatable bonds is 4. The van der Waals surface area contributed by atoms with Crippen LogP contribution in [0.1, 0.15) is 32.1 Å². The molecule has 1 saturated heterocycles. The van der Waals surface area contributed by atoms with E-state index in [9.17, 15) is 4.79 Å². The zero-order valence-electron chi connectivity index (χ0n) is 12.1. The molecular weight excluding hydrogens is 248 g/mol. The summed E-state index contributed by atoms with van der Waals surface area (Å²) in [5.74, 6) is 1.25. The number of anilines is 1. The van der Waals surface area contributed by atoms with E-state index in [2.05, 4.69) is 22.3 Å². The van der Waals surface area contributed by atoms with Crippen LogP contribution >= 0.6 is 0 Å². The predicted octanol–water partition coefficient (Wildman–Crippen LogP) is 2.82. The molecule has 3 rings (SSSR count). The second-order valence-corrected chi connectivity index (χ2v) is 6.11. The molecule has 1 saturated carbocycles. The number of amides is 1. The van der Waals surface area contributed by atoms with E-state index in [-0.39, 0.29) is 5.92 Å². The van der Waals surface area contributed by atoms with E-state index in [4.69, 9.17) is 0 Å². The first kappa shape index (κ1) is 13.6. The van der Waals surface area contributed by atoms with Crippen molar-refractivity contribution in [3.05, 3.63) is 30.3 Å². The molecule has 2 aliphatic rings. The summed E-state index contributed by atoms with van der Waals surface area (Å²) in [5, 5.41) is 3.34. The number of hydrogen-bond donors (Lipinski definition) is 1. The quantitative estimate of drug-likeness (QED) is 0.914. The summed E-state index contributed by atoms with van der Waals surface area (Å²) in [4.78, 5) is 14.9. The van der Waals surface area contributed by atoms with Gasteiger partial charge in [-0.25, -0.2) is 0 Å². The SMILES string of the molecule is O=C(C1CCNCC1)N(CC1CCC1)c1ccccc1. The van der Waals surface area contributed by atoms with Crippen molar-refractivity contribution in [1.82, 2.24) is 5.32 Å². The van der Waals surface area contributed by atoms with Crippen molar-refractivity contribution in [2.75, 3.05) is 24.5 Å². The van der Waals surface area contributed by atoms with E-state index < -0.39 is 0 Å². The maximum atomic E-state index is 12.9.